The summed E-state index contributed by atoms with van der Waals surface area (Å²) in [5.74, 6) is -0.00747. The van der Waals surface area contributed by atoms with Gasteiger partial charge in [0.05, 0.1) is 6.54 Å². The molecule has 1 aromatic carbocycles. The van der Waals surface area contributed by atoms with E-state index in [9.17, 15) is 9.18 Å². The van der Waals surface area contributed by atoms with E-state index in [-0.39, 0.29) is 12.4 Å². The van der Waals surface area contributed by atoms with Crippen LogP contribution in [-0.4, -0.2) is 35.5 Å². The zero-order valence-electron chi connectivity index (χ0n) is 15.0. The maximum absolute atomic E-state index is 13.4. The lowest BCUT2D eigenvalue weighted by Crippen LogP contribution is -2.34. The zero-order chi connectivity index (χ0) is 18.5. The summed E-state index contributed by atoms with van der Waals surface area (Å²) < 4.78 is 13.4. The quantitative estimate of drug-likeness (QED) is 0.859. The van der Waals surface area contributed by atoms with Crippen molar-refractivity contribution in [2.75, 3.05) is 29.4 Å². The molecule has 1 aromatic heterocycles. The van der Waals surface area contributed by atoms with Gasteiger partial charge in [-0.15, -0.1) is 0 Å². The highest BCUT2D eigenvalue weighted by molar-refractivity contribution is 5.80. The fourth-order valence-corrected chi connectivity index (χ4v) is 3.30. The molecule has 2 heterocycles. The Morgan fingerprint density at radius 1 is 1.23 bits per heavy atom. The van der Waals surface area contributed by atoms with Crippen molar-refractivity contribution in [2.24, 2.45) is 5.73 Å². The lowest BCUT2D eigenvalue weighted by atomic mass is 10.1. The number of benzene rings is 1. The van der Waals surface area contributed by atoms with Gasteiger partial charge in [-0.05, 0) is 49.9 Å². The Kier molecular flexibility index (Phi) is 5.65. The Balaban J connectivity index is 1.77. The number of anilines is 2. The molecule has 1 aliphatic heterocycles. The molecule has 0 unspecified atom stereocenters. The van der Waals surface area contributed by atoms with E-state index in [0.29, 0.717) is 6.54 Å². The van der Waals surface area contributed by atoms with E-state index in [4.69, 9.17) is 5.73 Å². The number of carbonyl (C=O) groups is 1. The largest absolute Gasteiger partial charge is 0.368 e. The van der Waals surface area contributed by atoms with Gasteiger partial charge in [0, 0.05) is 43.3 Å². The number of hydrogen-bond donors (Lipinski definition) is 1. The molecule has 2 aromatic rings. The Labute approximate surface area is 152 Å². The Hall–Kier alpha value is -2.70. The van der Waals surface area contributed by atoms with Gasteiger partial charge in [0.15, 0.2) is 0 Å². The molecule has 1 amide bonds. The minimum Gasteiger partial charge on any atom is -0.368 e. The van der Waals surface area contributed by atoms with Crippen LogP contribution in [0.2, 0.25) is 0 Å². The third-order valence-electron chi connectivity index (χ3n) is 4.55. The predicted molar refractivity (Wildman–Crippen MR) is 99.5 cm³/mol. The molecule has 1 aliphatic rings. The molecule has 6 nitrogen and oxygen atoms in total. The van der Waals surface area contributed by atoms with Crippen LogP contribution in [-0.2, 0) is 11.3 Å². The average Bonchev–Trinajstić information content (AvgIpc) is 2.62. The highest BCUT2D eigenvalue weighted by Crippen LogP contribution is 2.23. The third kappa shape index (κ3) is 4.47. The first kappa shape index (κ1) is 18.1. The Morgan fingerprint density at radius 3 is 2.54 bits per heavy atom. The van der Waals surface area contributed by atoms with Crippen LogP contribution in [0.25, 0.3) is 0 Å². The average molecular weight is 357 g/mol. The lowest BCUT2D eigenvalue weighted by molar-refractivity contribution is -0.116. The number of nitrogens with two attached hydrogens (primary N) is 1. The molecule has 0 radical (unpaired) electrons. The van der Waals surface area contributed by atoms with Crippen molar-refractivity contribution in [1.29, 1.82) is 0 Å². The second-order valence-electron chi connectivity index (χ2n) is 6.69. The Morgan fingerprint density at radius 2 is 1.92 bits per heavy atom. The number of nitrogens with zero attached hydrogens (tertiary/aromatic N) is 4. The van der Waals surface area contributed by atoms with Gasteiger partial charge in [-0.1, -0.05) is 0 Å². The van der Waals surface area contributed by atoms with Gasteiger partial charge >= 0.3 is 0 Å². The van der Waals surface area contributed by atoms with Crippen molar-refractivity contribution in [1.82, 2.24) is 9.97 Å². The van der Waals surface area contributed by atoms with Gasteiger partial charge < -0.3 is 15.5 Å². The van der Waals surface area contributed by atoms with E-state index in [0.717, 1.165) is 35.9 Å². The molecule has 3 rings (SSSR count). The van der Waals surface area contributed by atoms with Crippen LogP contribution in [0.1, 0.15) is 30.4 Å². The fourth-order valence-electron chi connectivity index (χ4n) is 3.30. The number of aryl methyl sites for hydroxylation is 1. The number of piperidine rings is 1. The number of amides is 1. The normalized spacial score (nSPS) is 14.3. The number of aromatic nitrogens is 2. The van der Waals surface area contributed by atoms with E-state index in [1.807, 2.05) is 11.8 Å². The number of rotatable bonds is 6. The molecule has 1 saturated heterocycles. The molecular formula is C19H24FN5O. The maximum Gasteiger partial charge on any atom is 0.236 e. The summed E-state index contributed by atoms with van der Waals surface area (Å²) in [7, 11) is 0. The molecule has 0 saturated carbocycles. The van der Waals surface area contributed by atoms with Gasteiger partial charge in [-0.2, -0.15) is 0 Å². The summed E-state index contributed by atoms with van der Waals surface area (Å²) in [6.45, 7) is 4.25. The number of carbonyl (C=O) groups excluding carboxylic acids is 1. The van der Waals surface area contributed by atoms with Crippen LogP contribution in [0.5, 0.6) is 0 Å². The van der Waals surface area contributed by atoms with Crippen LogP contribution in [0.3, 0.4) is 0 Å². The summed E-state index contributed by atoms with van der Waals surface area (Å²) in [5, 5.41) is 0. The molecule has 138 valence electrons. The number of primary amides is 1. The van der Waals surface area contributed by atoms with Gasteiger partial charge in [0.2, 0.25) is 11.9 Å². The molecule has 26 heavy (non-hydrogen) atoms. The summed E-state index contributed by atoms with van der Waals surface area (Å²) in [5.41, 5.74) is 7.78. The molecule has 0 bridgehead atoms. The van der Waals surface area contributed by atoms with E-state index in [1.165, 1.54) is 31.4 Å². The van der Waals surface area contributed by atoms with Crippen molar-refractivity contribution in [3.05, 3.63) is 47.5 Å². The summed E-state index contributed by atoms with van der Waals surface area (Å²) in [6, 6.07) is 4.49. The highest BCUT2D eigenvalue weighted by Gasteiger charge is 2.16. The molecule has 2 N–H and O–H groups in total. The van der Waals surface area contributed by atoms with Crippen molar-refractivity contribution >= 4 is 17.5 Å². The van der Waals surface area contributed by atoms with E-state index >= 15 is 0 Å². The first-order valence-electron chi connectivity index (χ1n) is 8.88. The van der Waals surface area contributed by atoms with Crippen LogP contribution in [0.15, 0.2) is 30.6 Å². The second kappa shape index (κ2) is 8.12. The summed E-state index contributed by atoms with van der Waals surface area (Å²) in [6.07, 6.45) is 7.16. The van der Waals surface area contributed by atoms with E-state index in [2.05, 4.69) is 14.9 Å². The fraction of sp³-hybridized carbons (Fsp3) is 0.421. The standard InChI is InChI=1S/C19H24FN5O/c1-14-9-16(20)5-6-17(14)25(13-18(21)26)12-15-10-22-19(23-11-15)24-7-3-2-4-8-24/h5-6,9-11H,2-4,7-8,12-13H2,1H3,(H2,21,26). The molecule has 0 atom stereocenters. The topological polar surface area (TPSA) is 75.3 Å². The van der Waals surface area contributed by atoms with Crippen molar-refractivity contribution in [3.63, 3.8) is 0 Å². The lowest BCUT2D eigenvalue weighted by Gasteiger charge is -2.27. The molecule has 1 fully saturated rings. The minimum atomic E-state index is -0.445. The molecule has 0 spiro atoms. The molecular weight excluding hydrogens is 333 g/mol. The second-order valence-corrected chi connectivity index (χ2v) is 6.69. The maximum atomic E-state index is 13.4. The number of hydrogen-bond acceptors (Lipinski definition) is 5. The highest BCUT2D eigenvalue weighted by atomic mass is 19.1. The van der Waals surface area contributed by atoms with Crippen molar-refractivity contribution < 1.29 is 9.18 Å². The SMILES string of the molecule is Cc1cc(F)ccc1N(CC(N)=O)Cc1cnc(N2CCCCC2)nc1. The monoisotopic (exact) mass is 357 g/mol. The smallest absolute Gasteiger partial charge is 0.236 e. The zero-order valence-corrected chi connectivity index (χ0v) is 15.0. The third-order valence-corrected chi connectivity index (χ3v) is 4.55. The van der Waals surface area contributed by atoms with Gasteiger partial charge in [0.25, 0.3) is 0 Å². The molecule has 0 aliphatic carbocycles. The first-order chi connectivity index (χ1) is 12.5. The minimum absolute atomic E-state index is 0.0420. The van der Waals surface area contributed by atoms with Crippen molar-refractivity contribution in [3.8, 4) is 0 Å². The van der Waals surface area contributed by atoms with E-state index < -0.39 is 5.91 Å². The van der Waals surface area contributed by atoms with Gasteiger partial charge in [0.1, 0.15) is 5.82 Å². The van der Waals surface area contributed by atoms with Crippen LogP contribution >= 0.6 is 0 Å². The van der Waals surface area contributed by atoms with Gasteiger partial charge in [-0.25, -0.2) is 14.4 Å². The Bertz CT molecular complexity index is 759. The van der Waals surface area contributed by atoms with Crippen LogP contribution in [0, 0.1) is 12.7 Å². The summed E-state index contributed by atoms with van der Waals surface area (Å²) >= 11 is 0. The van der Waals surface area contributed by atoms with Crippen molar-refractivity contribution in [2.45, 2.75) is 32.7 Å². The number of halogens is 1. The van der Waals surface area contributed by atoms with Crippen LogP contribution in [0.4, 0.5) is 16.0 Å². The molecule has 7 heteroatoms. The van der Waals surface area contributed by atoms with E-state index in [1.54, 1.807) is 18.5 Å². The first-order valence-corrected chi connectivity index (χ1v) is 8.88. The summed E-state index contributed by atoms with van der Waals surface area (Å²) in [4.78, 5) is 24.4. The predicted octanol–water partition coefficient (Wildman–Crippen LogP) is 2.41. The van der Waals surface area contributed by atoms with Crippen LogP contribution < -0.4 is 15.5 Å². The van der Waals surface area contributed by atoms with Gasteiger partial charge in [-0.3, -0.25) is 4.79 Å².